The van der Waals surface area contributed by atoms with Crippen molar-refractivity contribution in [2.45, 2.75) is 11.4 Å². The Hall–Kier alpha value is -1.44. The summed E-state index contributed by atoms with van der Waals surface area (Å²) in [5, 5.41) is 2.99. The lowest BCUT2D eigenvalue weighted by molar-refractivity contribution is 0.593. The molecular weight excluding hydrogens is 359 g/mol. The summed E-state index contributed by atoms with van der Waals surface area (Å²) < 4.78 is 40.6. The van der Waals surface area contributed by atoms with Crippen LogP contribution in [0.15, 0.2) is 51.8 Å². The molecule has 0 bridgehead atoms. The van der Waals surface area contributed by atoms with Crippen LogP contribution < -0.4 is 10.0 Å². The van der Waals surface area contributed by atoms with Gasteiger partial charge in [-0.25, -0.2) is 12.8 Å². The van der Waals surface area contributed by atoms with Gasteiger partial charge in [-0.3, -0.25) is 4.72 Å². The van der Waals surface area contributed by atoms with Gasteiger partial charge in [0.15, 0.2) is 0 Å². The van der Waals surface area contributed by atoms with Gasteiger partial charge in [-0.05, 0) is 58.9 Å². The molecule has 4 nitrogen and oxygen atoms in total. The highest BCUT2D eigenvalue weighted by Crippen LogP contribution is 2.22. The van der Waals surface area contributed by atoms with E-state index < -0.39 is 15.8 Å². The molecule has 0 aliphatic carbocycles. The Labute approximate surface area is 131 Å². The standard InChI is InChI=1S/C14H14BrFN2O2S/c1-17-9-10-3-2-4-11(7-10)18-21(19,20)12-5-6-13(15)14(16)8-12/h2-8,17-18H,9H2,1H3. The third-order valence-corrected chi connectivity index (χ3v) is 4.78. The van der Waals surface area contributed by atoms with Crippen molar-refractivity contribution < 1.29 is 12.8 Å². The minimum atomic E-state index is -3.82. The van der Waals surface area contributed by atoms with Crippen LogP contribution in [0, 0.1) is 5.82 Å². The van der Waals surface area contributed by atoms with Crippen LogP contribution in [0.25, 0.3) is 0 Å². The zero-order chi connectivity index (χ0) is 15.5. The molecule has 112 valence electrons. The number of sulfonamides is 1. The van der Waals surface area contributed by atoms with Gasteiger partial charge in [-0.2, -0.15) is 0 Å². The van der Waals surface area contributed by atoms with Gasteiger partial charge in [0, 0.05) is 12.2 Å². The first kappa shape index (κ1) is 15.9. The second-order valence-electron chi connectivity index (χ2n) is 4.41. The van der Waals surface area contributed by atoms with Crippen LogP contribution in [0.1, 0.15) is 5.56 Å². The van der Waals surface area contributed by atoms with Crippen molar-refractivity contribution in [2.75, 3.05) is 11.8 Å². The summed E-state index contributed by atoms with van der Waals surface area (Å²) in [7, 11) is -2.01. The molecule has 0 spiro atoms. The Morgan fingerprint density at radius 2 is 1.95 bits per heavy atom. The fourth-order valence-electron chi connectivity index (χ4n) is 1.81. The number of benzene rings is 2. The quantitative estimate of drug-likeness (QED) is 0.847. The average molecular weight is 373 g/mol. The molecule has 2 N–H and O–H groups in total. The Morgan fingerprint density at radius 1 is 1.19 bits per heavy atom. The number of anilines is 1. The van der Waals surface area contributed by atoms with Gasteiger partial charge in [0.1, 0.15) is 5.82 Å². The minimum Gasteiger partial charge on any atom is -0.316 e. The number of rotatable bonds is 5. The number of hydrogen-bond acceptors (Lipinski definition) is 3. The highest BCUT2D eigenvalue weighted by atomic mass is 79.9. The third kappa shape index (κ3) is 4.03. The molecule has 0 saturated carbocycles. The summed E-state index contributed by atoms with van der Waals surface area (Å²) in [6.45, 7) is 0.627. The Balaban J connectivity index is 2.28. The smallest absolute Gasteiger partial charge is 0.261 e. The fourth-order valence-corrected chi connectivity index (χ4v) is 3.11. The Bertz CT molecular complexity index is 750. The molecule has 0 aliphatic rings. The lowest BCUT2D eigenvalue weighted by Gasteiger charge is -2.10. The van der Waals surface area contributed by atoms with E-state index in [1.807, 2.05) is 6.07 Å². The van der Waals surface area contributed by atoms with Gasteiger partial charge < -0.3 is 5.32 Å². The molecule has 2 aromatic carbocycles. The number of halogens is 2. The molecule has 0 heterocycles. The van der Waals surface area contributed by atoms with Crippen LogP contribution in [0.3, 0.4) is 0 Å². The summed E-state index contributed by atoms with van der Waals surface area (Å²) in [5.74, 6) is -0.623. The fraction of sp³-hybridized carbons (Fsp3) is 0.143. The van der Waals surface area contributed by atoms with Gasteiger partial charge in [0.2, 0.25) is 0 Å². The average Bonchev–Trinajstić information content (AvgIpc) is 2.42. The maximum Gasteiger partial charge on any atom is 0.261 e. The van der Waals surface area contributed by atoms with Crippen LogP contribution in [-0.2, 0) is 16.6 Å². The summed E-state index contributed by atoms with van der Waals surface area (Å²) in [4.78, 5) is -0.123. The molecule has 0 aromatic heterocycles. The molecule has 2 rings (SSSR count). The summed E-state index contributed by atoms with van der Waals surface area (Å²) in [6.07, 6.45) is 0. The van der Waals surface area contributed by atoms with Crippen LogP contribution in [0.2, 0.25) is 0 Å². The first-order valence-corrected chi connectivity index (χ1v) is 8.41. The maximum atomic E-state index is 13.5. The van der Waals surface area contributed by atoms with Gasteiger partial charge in [0.05, 0.1) is 9.37 Å². The largest absolute Gasteiger partial charge is 0.316 e. The molecule has 0 atom stereocenters. The predicted molar refractivity (Wildman–Crippen MR) is 84.1 cm³/mol. The molecule has 0 saturated heterocycles. The van der Waals surface area contributed by atoms with Crippen molar-refractivity contribution in [2.24, 2.45) is 0 Å². The highest BCUT2D eigenvalue weighted by molar-refractivity contribution is 9.10. The van der Waals surface area contributed by atoms with Crippen molar-refractivity contribution in [3.05, 3.63) is 58.3 Å². The highest BCUT2D eigenvalue weighted by Gasteiger charge is 2.16. The van der Waals surface area contributed by atoms with Crippen LogP contribution in [0.5, 0.6) is 0 Å². The van der Waals surface area contributed by atoms with E-state index >= 15 is 0 Å². The molecule has 0 amide bonds. The van der Waals surface area contributed by atoms with E-state index in [0.29, 0.717) is 12.2 Å². The number of nitrogens with one attached hydrogen (secondary N) is 2. The molecule has 0 unspecified atom stereocenters. The van der Waals surface area contributed by atoms with Crippen molar-refractivity contribution in [3.8, 4) is 0 Å². The lowest BCUT2D eigenvalue weighted by atomic mass is 10.2. The lowest BCUT2D eigenvalue weighted by Crippen LogP contribution is -2.14. The first-order valence-electron chi connectivity index (χ1n) is 6.14. The van der Waals surface area contributed by atoms with E-state index in [2.05, 4.69) is 26.0 Å². The monoisotopic (exact) mass is 372 g/mol. The van der Waals surface area contributed by atoms with Gasteiger partial charge in [-0.15, -0.1) is 0 Å². The van der Waals surface area contributed by atoms with Crippen molar-refractivity contribution in [1.29, 1.82) is 0 Å². The molecule has 2 aromatic rings. The second-order valence-corrected chi connectivity index (χ2v) is 6.95. The number of hydrogen-bond donors (Lipinski definition) is 2. The van der Waals surface area contributed by atoms with Gasteiger partial charge in [0.25, 0.3) is 10.0 Å². The van der Waals surface area contributed by atoms with Crippen LogP contribution in [-0.4, -0.2) is 15.5 Å². The molecular formula is C14H14BrFN2O2S. The van der Waals surface area contributed by atoms with E-state index in [4.69, 9.17) is 0 Å². The van der Waals surface area contributed by atoms with E-state index in [1.165, 1.54) is 12.1 Å². The van der Waals surface area contributed by atoms with Crippen molar-refractivity contribution in [3.63, 3.8) is 0 Å². The molecule has 7 heteroatoms. The summed E-state index contributed by atoms with van der Waals surface area (Å²) in [6, 6.07) is 10.7. The predicted octanol–water partition coefficient (Wildman–Crippen LogP) is 3.11. The summed E-state index contributed by atoms with van der Waals surface area (Å²) in [5.41, 5.74) is 1.38. The van der Waals surface area contributed by atoms with E-state index in [9.17, 15) is 12.8 Å². The summed E-state index contributed by atoms with van der Waals surface area (Å²) >= 11 is 2.99. The Kier molecular flexibility index (Phi) is 4.97. The van der Waals surface area contributed by atoms with E-state index in [1.54, 1.807) is 25.2 Å². The van der Waals surface area contributed by atoms with Crippen molar-refractivity contribution in [1.82, 2.24) is 5.32 Å². The molecule has 21 heavy (non-hydrogen) atoms. The maximum absolute atomic E-state index is 13.5. The third-order valence-electron chi connectivity index (χ3n) is 2.76. The topological polar surface area (TPSA) is 58.2 Å². The molecule has 0 fully saturated rings. The van der Waals surface area contributed by atoms with Crippen molar-refractivity contribution >= 4 is 31.6 Å². The van der Waals surface area contributed by atoms with Gasteiger partial charge in [-0.1, -0.05) is 12.1 Å². The molecule has 0 aliphatic heterocycles. The van der Waals surface area contributed by atoms with Crippen LogP contribution >= 0.6 is 15.9 Å². The zero-order valence-corrected chi connectivity index (χ0v) is 13.6. The SMILES string of the molecule is CNCc1cccc(NS(=O)(=O)c2ccc(Br)c(F)c2)c1. The van der Waals surface area contributed by atoms with Gasteiger partial charge >= 0.3 is 0 Å². The van der Waals surface area contributed by atoms with E-state index in [-0.39, 0.29) is 9.37 Å². The first-order chi connectivity index (χ1) is 9.92. The normalized spacial score (nSPS) is 11.4. The Morgan fingerprint density at radius 3 is 2.62 bits per heavy atom. The molecule has 0 radical (unpaired) electrons. The second kappa shape index (κ2) is 6.55. The zero-order valence-electron chi connectivity index (χ0n) is 11.2. The van der Waals surface area contributed by atoms with Crippen LogP contribution in [0.4, 0.5) is 10.1 Å². The van der Waals surface area contributed by atoms with E-state index in [0.717, 1.165) is 11.6 Å². The minimum absolute atomic E-state index is 0.123.